The molecule has 1 unspecified atom stereocenters. The highest BCUT2D eigenvalue weighted by molar-refractivity contribution is 7.83. The Morgan fingerprint density at radius 1 is 0.873 bits per heavy atom. The molecule has 1 amide bonds. The van der Waals surface area contributed by atoms with Gasteiger partial charge in [0.15, 0.2) is 11.0 Å². The van der Waals surface area contributed by atoms with Crippen LogP contribution in [0.2, 0.25) is 5.02 Å². The van der Waals surface area contributed by atoms with Gasteiger partial charge in [0.25, 0.3) is 5.91 Å². The van der Waals surface area contributed by atoms with Crippen molar-refractivity contribution in [2.75, 3.05) is 63.6 Å². The predicted molar refractivity (Wildman–Crippen MR) is 214 cm³/mol. The number of halogens is 4. The zero-order chi connectivity index (χ0) is 39.0. The number of carbonyl (C=O) groups excluding carboxylic acids is 1. The van der Waals surface area contributed by atoms with Crippen LogP contribution in [0.3, 0.4) is 0 Å². The van der Waals surface area contributed by atoms with Crippen LogP contribution in [0.1, 0.15) is 27.9 Å². The van der Waals surface area contributed by atoms with Crippen LogP contribution >= 0.6 is 11.6 Å². The van der Waals surface area contributed by atoms with Gasteiger partial charge in [0.05, 0.1) is 16.0 Å². The maximum atomic E-state index is 14.1. The van der Waals surface area contributed by atoms with Crippen LogP contribution in [0.15, 0.2) is 120 Å². The average molecular weight is 790 g/mol. The summed E-state index contributed by atoms with van der Waals surface area (Å²) in [5.41, 5.74) is 3.36. The van der Waals surface area contributed by atoms with Gasteiger partial charge in [-0.25, -0.2) is 4.21 Å². The molecule has 0 radical (unpaired) electrons. The fourth-order valence-corrected chi connectivity index (χ4v) is 7.35. The van der Waals surface area contributed by atoms with Crippen LogP contribution < -0.4 is 19.7 Å². The molecule has 13 heteroatoms. The Morgan fingerprint density at radius 3 is 2.29 bits per heavy atom. The third kappa shape index (κ3) is 10.7. The third-order valence-electron chi connectivity index (χ3n) is 9.28. The number of anilines is 2. The van der Waals surface area contributed by atoms with E-state index in [-0.39, 0.29) is 21.9 Å². The topological polar surface area (TPSA) is 77.2 Å². The number of rotatable bonds is 14. The van der Waals surface area contributed by atoms with Crippen LogP contribution in [0.5, 0.6) is 11.5 Å². The van der Waals surface area contributed by atoms with Crippen molar-refractivity contribution in [2.24, 2.45) is 0 Å². The van der Waals surface area contributed by atoms with E-state index in [0.29, 0.717) is 30.3 Å². The van der Waals surface area contributed by atoms with E-state index in [4.69, 9.17) is 16.3 Å². The monoisotopic (exact) mass is 789 g/mol. The SMILES string of the molecule is CN(C)CCCNc1ccc(S(=O)NC(=O)c2ccc(N3CCN(Cc4ccccc4-c4ccc(Cl)cc4)CC3)cc2Oc2ccccc2)cc1C(F)(F)F. The zero-order valence-corrected chi connectivity index (χ0v) is 32.2. The highest BCUT2D eigenvalue weighted by Gasteiger charge is 2.34. The van der Waals surface area contributed by atoms with Crippen molar-refractivity contribution < 1.29 is 26.9 Å². The van der Waals surface area contributed by atoms with Crippen LogP contribution in [0, 0.1) is 0 Å². The highest BCUT2D eigenvalue weighted by Crippen LogP contribution is 2.37. The summed E-state index contributed by atoms with van der Waals surface area (Å²) in [6, 6.07) is 33.7. The van der Waals surface area contributed by atoms with Gasteiger partial charge in [-0.05, 0) is 98.3 Å². The van der Waals surface area contributed by atoms with Gasteiger partial charge in [-0.15, -0.1) is 0 Å². The lowest BCUT2D eigenvalue weighted by Crippen LogP contribution is -2.46. The lowest BCUT2D eigenvalue weighted by molar-refractivity contribution is -0.137. The number of piperazine rings is 1. The Kier molecular flexibility index (Phi) is 13.1. The summed E-state index contributed by atoms with van der Waals surface area (Å²) >= 11 is 6.13. The second-order valence-electron chi connectivity index (χ2n) is 13.5. The van der Waals surface area contributed by atoms with Gasteiger partial charge in [0.1, 0.15) is 11.5 Å². The molecular weight excluding hydrogens is 747 g/mol. The van der Waals surface area contributed by atoms with Gasteiger partial charge in [0.2, 0.25) is 0 Å². The second-order valence-corrected chi connectivity index (χ2v) is 15.2. The van der Waals surface area contributed by atoms with E-state index in [1.807, 2.05) is 55.4 Å². The highest BCUT2D eigenvalue weighted by atomic mass is 35.5. The Labute approximate surface area is 327 Å². The number of carbonyl (C=O) groups is 1. The van der Waals surface area contributed by atoms with E-state index in [9.17, 15) is 22.2 Å². The van der Waals surface area contributed by atoms with Gasteiger partial charge < -0.3 is 19.9 Å². The smallest absolute Gasteiger partial charge is 0.418 e. The standard InChI is InChI=1S/C42H43ClF3N5O3S/c1-49(2)22-8-21-47-39-20-18-35(28-38(39)42(44,45)46)55(53)48-41(52)37-19-17-33(27-40(37)54-34-10-4-3-5-11-34)51-25-23-50(24-26-51)29-31-9-6-7-12-36(31)30-13-15-32(43)16-14-30/h3-7,9-20,27-28,47H,8,21-26,29H2,1-2H3,(H,48,52). The molecule has 55 heavy (non-hydrogen) atoms. The third-order valence-corrected chi connectivity index (χ3v) is 10.6. The van der Waals surface area contributed by atoms with Crippen molar-refractivity contribution in [3.63, 3.8) is 0 Å². The number of nitrogens with one attached hydrogen (secondary N) is 2. The summed E-state index contributed by atoms with van der Waals surface area (Å²) in [6.07, 6.45) is -4.06. The van der Waals surface area contributed by atoms with Crippen molar-refractivity contribution >= 4 is 39.9 Å². The van der Waals surface area contributed by atoms with Crippen molar-refractivity contribution in [2.45, 2.75) is 24.0 Å². The summed E-state index contributed by atoms with van der Waals surface area (Å²) in [5, 5.41) is 3.53. The Bertz CT molecular complexity index is 2090. The Hall–Kier alpha value is -4.88. The predicted octanol–water partition coefficient (Wildman–Crippen LogP) is 8.96. The molecule has 1 atom stereocenters. The van der Waals surface area contributed by atoms with Gasteiger partial charge in [-0.3, -0.25) is 14.4 Å². The molecule has 0 spiro atoms. The first-order chi connectivity index (χ1) is 26.4. The largest absolute Gasteiger partial charge is 0.456 e. The van der Waals surface area contributed by atoms with Crippen molar-refractivity contribution in [1.82, 2.24) is 14.5 Å². The first-order valence-electron chi connectivity index (χ1n) is 18.0. The molecule has 6 rings (SSSR count). The maximum Gasteiger partial charge on any atom is 0.418 e. The summed E-state index contributed by atoms with van der Waals surface area (Å²) in [4.78, 5) is 20.0. The molecule has 0 aliphatic carbocycles. The Morgan fingerprint density at radius 2 is 1.58 bits per heavy atom. The quantitative estimate of drug-likeness (QED) is 0.109. The number of amides is 1. The van der Waals surface area contributed by atoms with Crippen LogP contribution in [-0.2, 0) is 23.7 Å². The number of hydrogen-bond acceptors (Lipinski definition) is 7. The number of para-hydroxylation sites is 1. The summed E-state index contributed by atoms with van der Waals surface area (Å²) in [6.45, 7) is 4.88. The van der Waals surface area contributed by atoms with Crippen molar-refractivity contribution in [3.8, 4) is 22.6 Å². The fourth-order valence-electron chi connectivity index (χ4n) is 6.41. The van der Waals surface area contributed by atoms with Gasteiger partial charge >= 0.3 is 6.18 Å². The minimum absolute atomic E-state index is 0.0913. The number of hydrogen-bond donors (Lipinski definition) is 2. The molecule has 1 saturated heterocycles. The van der Waals surface area contributed by atoms with Crippen LogP contribution in [0.4, 0.5) is 24.5 Å². The summed E-state index contributed by atoms with van der Waals surface area (Å²) in [7, 11) is 1.48. The van der Waals surface area contributed by atoms with Crippen LogP contribution in [-0.4, -0.2) is 73.3 Å². The molecule has 1 fully saturated rings. The van der Waals surface area contributed by atoms with E-state index in [2.05, 4.69) is 38.0 Å². The van der Waals surface area contributed by atoms with Crippen LogP contribution in [0.25, 0.3) is 11.1 Å². The molecule has 5 aromatic carbocycles. The Balaban J connectivity index is 1.16. The molecule has 5 aromatic rings. The molecule has 1 aliphatic heterocycles. The number of ether oxygens (including phenoxy) is 1. The first kappa shape index (κ1) is 39.8. The van der Waals surface area contributed by atoms with Crippen molar-refractivity contribution in [1.29, 1.82) is 0 Å². The molecule has 1 heterocycles. The number of nitrogens with zero attached hydrogens (tertiary/aromatic N) is 3. The number of alkyl halides is 3. The minimum atomic E-state index is -4.70. The molecule has 1 aliphatic rings. The molecule has 8 nitrogen and oxygen atoms in total. The van der Waals surface area contributed by atoms with Gasteiger partial charge in [0, 0.05) is 61.7 Å². The van der Waals surface area contributed by atoms with E-state index < -0.39 is 28.6 Å². The van der Waals surface area contributed by atoms with E-state index >= 15 is 0 Å². The van der Waals surface area contributed by atoms with Gasteiger partial charge in [-0.1, -0.05) is 66.2 Å². The molecular formula is C42H43ClF3N5O3S. The molecule has 2 N–H and O–H groups in total. The summed E-state index contributed by atoms with van der Waals surface area (Å²) < 4.78 is 64.1. The molecule has 0 bridgehead atoms. The minimum Gasteiger partial charge on any atom is -0.456 e. The maximum absolute atomic E-state index is 14.1. The fraction of sp³-hybridized carbons (Fsp3) is 0.262. The molecule has 0 saturated carbocycles. The average Bonchev–Trinajstić information content (AvgIpc) is 3.17. The van der Waals surface area contributed by atoms with E-state index in [1.165, 1.54) is 23.3 Å². The van der Waals surface area contributed by atoms with E-state index in [0.717, 1.165) is 50.0 Å². The van der Waals surface area contributed by atoms with E-state index in [1.54, 1.807) is 42.5 Å². The number of benzene rings is 5. The van der Waals surface area contributed by atoms with Crippen molar-refractivity contribution in [3.05, 3.63) is 137 Å². The first-order valence-corrected chi connectivity index (χ1v) is 19.5. The molecule has 0 aromatic heterocycles. The van der Waals surface area contributed by atoms with Gasteiger partial charge in [-0.2, -0.15) is 13.2 Å². The molecule has 288 valence electrons. The normalized spacial score (nSPS) is 14.1. The summed E-state index contributed by atoms with van der Waals surface area (Å²) in [5.74, 6) is -0.0345. The lowest BCUT2D eigenvalue weighted by Gasteiger charge is -2.36. The lowest BCUT2D eigenvalue weighted by atomic mass is 9.99. The zero-order valence-electron chi connectivity index (χ0n) is 30.6. The second kappa shape index (κ2) is 18.2.